The monoisotopic (exact) mass is 863 g/mol. The van der Waals surface area contributed by atoms with Gasteiger partial charge in [0.2, 0.25) is 0 Å². The van der Waals surface area contributed by atoms with Crippen LogP contribution in [-0.4, -0.2) is 20.9 Å². The Morgan fingerprint density at radius 1 is 0.863 bits per heavy atom. The van der Waals surface area contributed by atoms with Crippen molar-refractivity contribution < 1.29 is 30.0 Å². The molecule has 4 rings (SSSR count). The zero-order valence-electron chi connectivity index (χ0n) is 32.1. The number of nitrogens with zero attached hydrogens (tertiary/aromatic N) is 3. The number of carbonyl (C=O) groups excluding carboxylic acids is 1. The summed E-state index contributed by atoms with van der Waals surface area (Å²) in [6.07, 6.45) is 11.0. The number of aliphatic hydroxyl groups excluding tert-OH is 1. The maximum Gasteiger partial charge on any atom is 0.190 e. The third-order valence-electron chi connectivity index (χ3n) is 9.36. The van der Waals surface area contributed by atoms with Crippen LogP contribution in [0.15, 0.2) is 66.6 Å². The smallest absolute Gasteiger partial charge is 0.190 e. The van der Waals surface area contributed by atoms with Crippen LogP contribution >= 0.6 is 0 Å². The molecule has 0 saturated heterocycles. The zero-order valence-corrected chi connectivity index (χ0v) is 34.5. The van der Waals surface area contributed by atoms with E-state index in [9.17, 15) is 9.90 Å². The number of aliphatic hydroxyl groups is 1. The van der Waals surface area contributed by atoms with Crippen molar-refractivity contribution in [3.63, 3.8) is 0 Å². The summed E-state index contributed by atoms with van der Waals surface area (Å²) in [6, 6.07) is 20.4. The van der Waals surface area contributed by atoms with Crippen molar-refractivity contribution in [2.24, 2.45) is 11.8 Å². The predicted molar refractivity (Wildman–Crippen MR) is 210 cm³/mol. The quantitative estimate of drug-likeness (QED) is 0.0779. The van der Waals surface area contributed by atoms with Crippen molar-refractivity contribution >= 4 is 11.5 Å². The zero-order chi connectivity index (χ0) is 36.8. The summed E-state index contributed by atoms with van der Waals surface area (Å²) >= 11 is 0. The molecule has 0 aliphatic carbocycles. The van der Waals surface area contributed by atoms with Crippen molar-refractivity contribution in [3.8, 4) is 33.8 Å². The number of aromatic nitrogens is 2. The first-order chi connectivity index (χ1) is 24.0. The van der Waals surface area contributed by atoms with Crippen LogP contribution in [0.5, 0.6) is 0 Å². The molecule has 0 fully saturated rings. The van der Waals surface area contributed by atoms with Crippen molar-refractivity contribution in [1.29, 1.82) is 0 Å². The molecular formula is C45H56IrN3O2-. The number of allylic oxidation sites excluding steroid dienone is 2. The van der Waals surface area contributed by atoms with E-state index in [4.69, 9.17) is 16.5 Å². The second kappa shape index (κ2) is 21.5. The Morgan fingerprint density at radius 3 is 2.08 bits per heavy atom. The van der Waals surface area contributed by atoms with Gasteiger partial charge in [0.05, 0.1) is 23.7 Å². The molecule has 0 bridgehead atoms. The van der Waals surface area contributed by atoms with E-state index in [1.54, 1.807) is 0 Å². The molecule has 51 heavy (non-hydrogen) atoms. The van der Waals surface area contributed by atoms with Crippen molar-refractivity contribution in [1.82, 2.24) is 9.97 Å². The molecule has 0 unspecified atom stereocenters. The predicted octanol–water partition coefficient (Wildman–Crippen LogP) is 12.5. The molecule has 3 aromatic carbocycles. The third kappa shape index (κ3) is 11.8. The number of hydrogen-bond acceptors (Lipinski definition) is 4. The van der Waals surface area contributed by atoms with Gasteiger partial charge in [-0.05, 0) is 74.6 Å². The number of hydrogen-bond donors (Lipinski definition) is 1. The number of ketones is 1. The maximum absolute atomic E-state index is 11.7. The van der Waals surface area contributed by atoms with Gasteiger partial charge in [-0.15, -0.1) is 34.9 Å². The molecular weight excluding hydrogens is 807 g/mol. The van der Waals surface area contributed by atoms with Gasteiger partial charge in [0.1, 0.15) is 0 Å². The van der Waals surface area contributed by atoms with Gasteiger partial charge in [0, 0.05) is 49.9 Å². The molecule has 1 aromatic heterocycles. The molecule has 0 saturated carbocycles. The third-order valence-corrected chi connectivity index (χ3v) is 9.36. The number of aryl methyl sites for hydroxylation is 4. The van der Waals surface area contributed by atoms with Crippen LogP contribution in [0.2, 0.25) is 0 Å². The standard InChI is InChI=1S/C32H32N3.C13H24O2.Ir/c1-7-10-24-14-21(3)16-26(18-24)31-32(27-17-22(4)15-25(19-27)11-8-2)35-30(20-34-31)28-12-9-13-29(33-6)23(28)5;1-5-10(6-2)12(14)9-13(15)11(7-3)8-4;/h9,12-15,17-20H,7-8,10-11H2,1-5H3;9-11,14H,5-8H2,1-4H3;/q-1;;/b;12-9-;. The molecule has 0 aliphatic rings. The van der Waals surface area contributed by atoms with Gasteiger partial charge in [0.15, 0.2) is 11.5 Å². The van der Waals surface area contributed by atoms with E-state index >= 15 is 0 Å². The molecule has 1 heterocycles. The van der Waals surface area contributed by atoms with Crippen LogP contribution in [0, 0.1) is 45.2 Å². The summed E-state index contributed by atoms with van der Waals surface area (Å²) in [6.45, 7) is 26.2. The van der Waals surface area contributed by atoms with Crippen LogP contribution in [0.3, 0.4) is 0 Å². The molecule has 1 N–H and O–H groups in total. The fourth-order valence-electron chi connectivity index (χ4n) is 6.50. The average molecular weight is 863 g/mol. The largest absolute Gasteiger partial charge is 0.512 e. The van der Waals surface area contributed by atoms with Crippen LogP contribution in [0.4, 0.5) is 5.69 Å². The van der Waals surface area contributed by atoms with Crippen molar-refractivity contribution in [3.05, 3.63) is 112 Å². The van der Waals surface area contributed by atoms with Gasteiger partial charge in [-0.1, -0.05) is 103 Å². The second-order valence-corrected chi connectivity index (χ2v) is 13.3. The van der Waals surface area contributed by atoms with Gasteiger partial charge >= 0.3 is 0 Å². The van der Waals surface area contributed by atoms with E-state index in [-0.39, 0.29) is 43.5 Å². The Kier molecular flexibility index (Phi) is 18.2. The number of rotatable bonds is 14. The summed E-state index contributed by atoms with van der Waals surface area (Å²) in [7, 11) is 0. The number of benzene rings is 3. The van der Waals surface area contributed by atoms with Gasteiger partial charge < -0.3 is 10.1 Å². The molecule has 1 radical (unpaired) electrons. The normalized spacial score (nSPS) is 11.1. The van der Waals surface area contributed by atoms with Crippen LogP contribution in [0.25, 0.3) is 38.6 Å². The van der Waals surface area contributed by atoms with Gasteiger partial charge in [-0.3, -0.25) is 9.78 Å². The molecule has 4 aromatic rings. The Hall–Kier alpha value is -3.91. The van der Waals surface area contributed by atoms with Gasteiger partial charge in [-0.2, -0.15) is 0 Å². The fraction of sp³-hybridized carbons (Fsp3) is 0.422. The Balaban J connectivity index is 0.000000479. The maximum atomic E-state index is 11.7. The van der Waals surface area contributed by atoms with Gasteiger partial charge in [0.25, 0.3) is 0 Å². The van der Waals surface area contributed by atoms with E-state index in [0.717, 1.165) is 96.3 Å². The van der Waals surface area contributed by atoms with Crippen LogP contribution in [0.1, 0.15) is 108 Å². The molecule has 6 heteroatoms. The van der Waals surface area contributed by atoms with E-state index in [1.165, 1.54) is 22.8 Å². The van der Waals surface area contributed by atoms with E-state index in [0.29, 0.717) is 5.69 Å². The Morgan fingerprint density at radius 2 is 1.49 bits per heavy atom. The summed E-state index contributed by atoms with van der Waals surface area (Å²) in [4.78, 5) is 25.6. The minimum Gasteiger partial charge on any atom is -0.512 e. The topological polar surface area (TPSA) is 67.4 Å². The van der Waals surface area contributed by atoms with Crippen molar-refractivity contribution in [2.45, 2.75) is 114 Å². The summed E-state index contributed by atoms with van der Waals surface area (Å²) < 4.78 is 0. The van der Waals surface area contributed by atoms with Crippen LogP contribution < -0.4 is 0 Å². The Labute approximate surface area is 321 Å². The van der Waals surface area contributed by atoms with Crippen LogP contribution in [-0.2, 0) is 37.7 Å². The molecule has 0 amide bonds. The molecule has 273 valence electrons. The fourth-order valence-corrected chi connectivity index (χ4v) is 6.50. The molecule has 0 aliphatic heterocycles. The SMILES string of the molecule is CCC(CC)C(=O)/C=C(\O)C(CC)CC.[C-]#[N+]c1cccc(-c2cnc(-c3[c-]c(C)cc(CCC)c3)c(-c3cc(C)cc(CCC)c3)n2)c1C.[Ir]. The summed E-state index contributed by atoms with van der Waals surface area (Å²) in [5.41, 5.74) is 12.0. The average Bonchev–Trinajstić information content (AvgIpc) is 3.09. The Bertz CT molecular complexity index is 1810. The van der Waals surface area contributed by atoms with E-state index < -0.39 is 0 Å². The number of carbonyl (C=O) groups is 1. The van der Waals surface area contributed by atoms with Crippen molar-refractivity contribution in [2.75, 3.05) is 0 Å². The minimum atomic E-state index is 0. The van der Waals surface area contributed by atoms with E-state index in [1.807, 2.05) is 59.0 Å². The second-order valence-electron chi connectivity index (χ2n) is 13.3. The minimum absolute atomic E-state index is 0. The molecule has 0 spiro atoms. The first-order valence-corrected chi connectivity index (χ1v) is 18.5. The van der Waals surface area contributed by atoms with Gasteiger partial charge in [-0.25, -0.2) is 4.85 Å². The summed E-state index contributed by atoms with van der Waals surface area (Å²) in [5, 5.41) is 9.76. The molecule has 0 atom stereocenters. The first-order valence-electron chi connectivity index (χ1n) is 18.5. The van der Waals surface area contributed by atoms with E-state index in [2.05, 4.69) is 68.9 Å². The summed E-state index contributed by atoms with van der Waals surface area (Å²) in [5.74, 6) is 0.547. The molecule has 5 nitrogen and oxygen atoms in total. The first kappa shape index (κ1) is 43.3.